The number of fused-ring (bicyclic) bond motifs is 3. The number of benzene rings is 8. The number of hydrogen-bond acceptors (Lipinski definition) is 3. The van der Waals surface area contributed by atoms with Crippen LogP contribution < -0.4 is 0 Å². The Labute approximate surface area is 414 Å². The van der Waals surface area contributed by atoms with Crippen LogP contribution in [0.15, 0.2) is 176 Å². The highest BCUT2D eigenvalue weighted by atomic mass is 19.4. The monoisotopic (exact) mass is 1040 g/mol. The Morgan fingerprint density at radius 2 is 0.653 bits per heavy atom. The summed E-state index contributed by atoms with van der Waals surface area (Å²) in [5.74, 6) is 0.368. The molecule has 10 aromatic rings. The highest BCUT2D eigenvalue weighted by Crippen LogP contribution is 2.47. The van der Waals surface area contributed by atoms with E-state index in [-0.39, 0.29) is 84.9 Å². The van der Waals surface area contributed by atoms with Crippen molar-refractivity contribution in [3.05, 3.63) is 204 Å². The summed E-state index contributed by atoms with van der Waals surface area (Å²) in [6.07, 6.45) is -25.9. The van der Waals surface area contributed by atoms with E-state index in [1.54, 1.807) is 60.7 Å². The fourth-order valence-corrected chi connectivity index (χ4v) is 8.93. The highest BCUT2D eigenvalue weighted by molar-refractivity contribution is 6.12. The summed E-state index contributed by atoms with van der Waals surface area (Å²) in [5.41, 5.74) is -8.64. The van der Waals surface area contributed by atoms with E-state index in [9.17, 15) is 65.9 Å². The van der Waals surface area contributed by atoms with Gasteiger partial charge in [-0.15, -0.1) is 0 Å². The van der Waals surface area contributed by atoms with Crippen LogP contribution in [0.25, 0.3) is 95.0 Å². The maximum Gasteiger partial charge on any atom is 0.417 e. The molecule has 0 bridgehead atoms. The van der Waals surface area contributed by atoms with Crippen LogP contribution in [0.4, 0.5) is 65.9 Å². The van der Waals surface area contributed by atoms with Gasteiger partial charge in [-0.25, -0.2) is 15.0 Å². The lowest BCUT2D eigenvalue weighted by Crippen LogP contribution is -2.12. The van der Waals surface area contributed by atoms with Crippen molar-refractivity contribution in [2.24, 2.45) is 0 Å². The van der Waals surface area contributed by atoms with Gasteiger partial charge in [-0.05, 0) is 82.4 Å². The number of halogens is 15. The molecule has 0 saturated heterocycles. The molecule has 4 nitrogen and oxygen atoms in total. The molecule has 0 N–H and O–H groups in total. The van der Waals surface area contributed by atoms with E-state index in [4.69, 9.17) is 15.0 Å². The molecule has 19 heteroatoms. The van der Waals surface area contributed by atoms with E-state index in [1.165, 1.54) is 65.2 Å². The first-order valence-corrected chi connectivity index (χ1v) is 22.2. The molecule has 8 aromatic carbocycles. The molecule has 2 aromatic heterocycles. The van der Waals surface area contributed by atoms with Gasteiger partial charge in [0, 0.05) is 33.0 Å². The predicted octanol–water partition coefficient (Wildman–Crippen LogP) is 18.1. The maximum absolute atomic E-state index is 14.8. The molecule has 0 atom stereocenters. The van der Waals surface area contributed by atoms with Crippen molar-refractivity contribution < 1.29 is 65.9 Å². The molecule has 0 aliphatic rings. The van der Waals surface area contributed by atoms with Crippen molar-refractivity contribution >= 4 is 21.8 Å². The minimum absolute atomic E-state index is 0.000778. The maximum atomic E-state index is 14.8. The zero-order chi connectivity index (χ0) is 53.4. The summed E-state index contributed by atoms with van der Waals surface area (Å²) in [7, 11) is 0. The van der Waals surface area contributed by atoms with Gasteiger partial charge in [0.2, 0.25) is 0 Å². The Kier molecular flexibility index (Phi) is 12.1. The summed E-state index contributed by atoms with van der Waals surface area (Å²) in [5, 5.41) is 0.366. The Balaban J connectivity index is 1.32. The van der Waals surface area contributed by atoms with Gasteiger partial charge in [0.25, 0.3) is 0 Å². The molecule has 0 amide bonds. The average Bonchev–Trinajstić information content (AvgIpc) is 3.72. The van der Waals surface area contributed by atoms with Crippen LogP contribution in [-0.4, -0.2) is 19.5 Å². The van der Waals surface area contributed by atoms with Gasteiger partial charge in [0.1, 0.15) is 0 Å². The van der Waals surface area contributed by atoms with E-state index in [0.717, 1.165) is 18.2 Å². The van der Waals surface area contributed by atoms with E-state index < -0.39 is 69.8 Å². The zero-order valence-corrected chi connectivity index (χ0v) is 37.7. The second kappa shape index (κ2) is 18.2. The van der Waals surface area contributed by atoms with E-state index in [0.29, 0.717) is 35.4 Å². The molecule has 75 heavy (non-hydrogen) atoms. The van der Waals surface area contributed by atoms with Crippen LogP contribution in [0, 0.1) is 0 Å². The molecule has 0 saturated carbocycles. The fourth-order valence-electron chi connectivity index (χ4n) is 8.93. The topological polar surface area (TPSA) is 43.6 Å². The molecule has 0 fully saturated rings. The van der Waals surface area contributed by atoms with Crippen molar-refractivity contribution in [2.45, 2.75) is 30.9 Å². The summed E-state index contributed by atoms with van der Waals surface area (Å²) in [6, 6.07) is 35.2. The van der Waals surface area contributed by atoms with Crippen LogP contribution in [-0.2, 0) is 30.9 Å². The minimum atomic E-state index is -5.35. The lowest BCUT2D eigenvalue weighted by Gasteiger charge is -2.19. The molecule has 378 valence electrons. The normalized spacial score (nSPS) is 12.7. The van der Waals surface area contributed by atoms with Gasteiger partial charge >= 0.3 is 30.9 Å². The number of hydrogen-bond donors (Lipinski definition) is 0. The van der Waals surface area contributed by atoms with Gasteiger partial charge in [-0.1, -0.05) is 121 Å². The molecular weight excluding hydrogens is 1010 g/mol. The molecule has 0 radical (unpaired) electrons. The third-order valence-corrected chi connectivity index (χ3v) is 12.4. The number of rotatable bonds is 7. The molecule has 0 aliphatic carbocycles. The summed E-state index contributed by atoms with van der Waals surface area (Å²) in [6.45, 7) is 0. The Morgan fingerprint density at radius 1 is 0.280 bits per heavy atom. The average molecular weight is 1040 g/mol. The van der Waals surface area contributed by atoms with Gasteiger partial charge in [0.05, 0.1) is 44.5 Å². The first-order chi connectivity index (χ1) is 35.3. The van der Waals surface area contributed by atoms with Crippen molar-refractivity contribution in [2.75, 3.05) is 0 Å². The van der Waals surface area contributed by atoms with Gasteiger partial charge in [0.15, 0.2) is 17.5 Å². The summed E-state index contributed by atoms with van der Waals surface area (Å²) < 4.78 is 216. The third kappa shape index (κ3) is 9.77. The number of aromatic nitrogens is 4. The molecule has 0 aliphatic heterocycles. The summed E-state index contributed by atoms with van der Waals surface area (Å²) >= 11 is 0. The minimum Gasteiger partial charge on any atom is -0.309 e. The number of alkyl halides is 15. The van der Waals surface area contributed by atoms with Crippen LogP contribution in [0.2, 0.25) is 0 Å². The lowest BCUT2D eigenvalue weighted by molar-refractivity contribution is -0.144. The molecular formula is C56H29F15N4. The summed E-state index contributed by atoms with van der Waals surface area (Å²) in [4.78, 5) is 14.2. The van der Waals surface area contributed by atoms with Crippen molar-refractivity contribution in [1.82, 2.24) is 19.5 Å². The van der Waals surface area contributed by atoms with E-state index in [1.807, 2.05) is 0 Å². The van der Waals surface area contributed by atoms with Crippen molar-refractivity contribution in [1.29, 1.82) is 0 Å². The van der Waals surface area contributed by atoms with Crippen LogP contribution in [0.1, 0.15) is 27.8 Å². The zero-order valence-electron chi connectivity index (χ0n) is 37.7. The first-order valence-electron chi connectivity index (χ1n) is 22.2. The highest BCUT2D eigenvalue weighted by Gasteiger charge is 2.40. The molecule has 10 rings (SSSR count). The van der Waals surface area contributed by atoms with Crippen molar-refractivity contribution in [3.8, 4) is 73.2 Å². The van der Waals surface area contributed by atoms with Gasteiger partial charge in [-0.3, -0.25) is 0 Å². The number of nitrogens with zero attached hydrogens (tertiary/aromatic N) is 4. The lowest BCUT2D eigenvalue weighted by atomic mass is 9.95. The van der Waals surface area contributed by atoms with Gasteiger partial charge in [-0.2, -0.15) is 65.9 Å². The fraction of sp³-hybridized carbons (Fsp3) is 0.0893. The standard InChI is InChI=1S/C56H29F15N4/c57-52(58,59)36-13-7-12-32(24-36)41-19-16-35(51-73-49(30-8-3-1-4-9-30)72-50(74-51)31-10-5-2-6-11-31)27-46(41)75-47-25-33(39-22-17-37(53(60,61)62)28-44(39)55(66,67)68)14-20-42(47)43-21-15-34(26-48(43)75)40-23-18-38(54(63,64)65)29-45(40)56(69,70)71/h1-29H. The quantitative estimate of drug-likeness (QED) is 0.149. The van der Waals surface area contributed by atoms with Crippen molar-refractivity contribution in [3.63, 3.8) is 0 Å². The molecule has 0 spiro atoms. The third-order valence-electron chi connectivity index (χ3n) is 12.4. The second-order valence-electron chi connectivity index (χ2n) is 17.2. The van der Waals surface area contributed by atoms with Gasteiger partial charge < -0.3 is 4.57 Å². The molecule has 2 heterocycles. The smallest absolute Gasteiger partial charge is 0.309 e. The van der Waals surface area contributed by atoms with Crippen LogP contribution in [0.5, 0.6) is 0 Å². The Bertz CT molecular complexity index is 3630. The Hall–Kier alpha value is -8.48. The second-order valence-corrected chi connectivity index (χ2v) is 17.2. The first kappa shape index (κ1) is 50.1. The van der Waals surface area contributed by atoms with Crippen LogP contribution in [0.3, 0.4) is 0 Å². The largest absolute Gasteiger partial charge is 0.417 e. The van der Waals surface area contributed by atoms with E-state index >= 15 is 0 Å². The Morgan fingerprint density at radius 3 is 1.08 bits per heavy atom. The van der Waals surface area contributed by atoms with E-state index in [2.05, 4.69) is 0 Å². The predicted molar refractivity (Wildman–Crippen MR) is 252 cm³/mol. The van der Waals surface area contributed by atoms with Crippen LogP contribution >= 0.6 is 0 Å². The SMILES string of the molecule is FC(F)(F)c1cccc(-c2ccc(-c3nc(-c4ccccc4)nc(-c4ccccc4)n3)cc2-n2c3cc(-c4ccc(C(F)(F)F)cc4C(F)(F)F)ccc3c3ccc(-c4ccc(C(F)(F)F)cc4C(F)(F)F)cc32)c1. The molecule has 0 unspecified atom stereocenters.